The molecule has 7 nitrogen and oxygen atoms in total. The highest BCUT2D eigenvalue weighted by atomic mass is 16.5. The topological polar surface area (TPSA) is 67.8 Å². The fraction of sp³-hybridized carbons (Fsp3) is 0.500. The van der Waals surface area contributed by atoms with Crippen LogP contribution in [0.2, 0.25) is 0 Å². The lowest BCUT2D eigenvalue weighted by Gasteiger charge is -2.25. The second-order valence-electron chi connectivity index (χ2n) is 7.89. The van der Waals surface area contributed by atoms with Crippen LogP contribution >= 0.6 is 0 Å². The number of rotatable bonds is 7. The van der Waals surface area contributed by atoms with E-state index in [4.69, 9.17) is 14.5 Å². The zero-order chi connectivity index (χ0) is 20.4. The van der Waals surface area contributed by atoms with Crippen molar-refractivity contribution < 1.29 is 14.3 Å². The van der Waals surface area contributed by atoms with E-state index in [1.807, 2.05) is 42.3 Å². The van der Waals surface area contributed by atoms with Crippen LogP contribution in [0.15, 0.2) is 36.5 Å². The number of hydrogen-bond acceptors (Lipinski definition) is 6. The van der Waals surface area contributed by atoms with Crippen LogP contribution in [0.3, 0.4) is 0 Å². The van der Waals surface area contributed by atoms with Gasteiger partial charge in [-0.25, -0.2) is 15.0 Å². The largest absolute Gasteiger partial charge is 0.478 e. The third kappa shape index (κ3) is 3.97. The Morgan fingerprint density at radius 3 is 2.86 bits per heavy atom. The Bertz CT molecular complexity index is 875. The maximum Gasteiger partial charge on any atom is 0.280 e. The molecule has 3 heterocycles. The number of benzene rings is 1. The zero-order valence-corrected chi connectivity index (χ0v) is 17.2. The number of aromatic nitrogens is 2. The third-order valence-corrected chi connectivity index (χ3v) is 5.53. The molecule has 0 bridgehead atoms. The summed E-state index contributed by atoms with van der Waals surface area (Å²) in [6, 6.07) is 9.46. The summed E-state index contributed by atoms with van der Waals surface area (Å²) in [6.45, 7) is 6.32. The van der Waals surface area contributed by atoms with Gasteiger partial charge in [-0.05, 0) is 37.0 Å². The molecule has 0 radical (unpaired) electrons. The maximum absolute atomic E-state index is 13.1. The molecule has 29 heavy (non-hydrogen) atoms. The Morgan fingerprint density at radius 2 is 2.07 bits per heavy atom. The molecule has 1 aromatic heterocycles. The first-order chi connectivity index (χ1) is 14.1. The molecule has 1 aromatic carbocycles. The highest BCUT2D eigenvalue weighted by molar-refractivity contribution is 5.84. The van der Waals surface area contributed by atoms with Gasteiger partial charge in [-0.1, -0.05) is 25.1 Å². The molecule has 154 valence electrons. The van der Waals surface area contributed by atoms with Crippen LogP contribution < -0.4 is 4.74 Å². The SMILES string of the molecule is COC[C@H](C)Cc1nccc(C2C(Oc3ccccc3C)C(=O)N3CCCN23)n1. The smallest absolute Gasteiger partial charge is 0.280 e. The van der Waals surface area contributed by atoms with Crippen molar-refractivity contribution in [1.29, 1.82) is 0 Å². The van der Waals surface area contributed by atoms with Crippen molar-refractivity contribution in [3.63, 3.8) is 0 Å². The summed E-state index contributed by atoms with van der Waals surface area (Å²) < 4.78 is 11.5. The highest BCUT2D eigenvalue weighted by Gasteiger charge is 2.51. The fourth-order valence-corrected chi connectivity index (χ4v) is 4.18. The monoisotopic (exact) mass is 396 g/mol. The molecule has 2 aromatic rings. The number of methoxy groups -OCH3 is 1. The first-order valence-corrected chi connectivity index (χ1v) is 10.2. The van der Waals surface area contributed by atoms with Crippen LogP contribution in [-0.2, 0) is 16.0 Å². The number of fused-ring (bicyclic) bond motifs is 1. The van der Waals surface area contributed by atoms with Gasteiger partial charge in [-0.15, -0.1) is 0 Å². The Hall–Kier alpha value is -2.51. The molecule has 0 saturated carbocycles. The number of hydrazine groups is 1. The fourth-order valence-electron chi connectivity index (χ4n) is 4.18. The summed E-state index contributed by atoms with van der Waals surface area (Å²) in [7, 11) is 1.70. The van der Waals surface area contributed by atoms with Crippen LogP contribution in [0.4, 0.5) is 0 Å². The molecule has 4 rings (SSSR count). The van der Waals surface area contributed by atoms with Crippen molar-refractivity contribution in [3.8, 4) is 5.75 Å². The van der Waals surface area contributed by atoms with Crippen LogP contribution in [0.5, 0.6) is 5.75 Å². The summed E-state index contributed by atoms with van der Waals surface area (Å²) in [5.74, 6) is 1.83. The summed E-state index contributed by atoms with van der Waals surface area (Å²) in [6.07, 6.45) is 2.86. The molecule has 2 aliphatic rings. The Balaban J connectivity index is 1.64. The Kier molecular flexibility index (Phi) is 5.78. The minimum atomic E-state index is -0.615. The lowest BCUT2D eigenvalue weighted by molar-refractivity contribution is -0.138. The number of amides is 1. The van der Waals surface area contributed by atoms with E-state index in [-0.39, 0.29) is 11.9 Å². The maximum atomic E-state index is 13.1. The van der Waals surface area contributed by atoms with E-state index in [0.717, 1.165) is 48.8 Å². The van der Waals surface area contributed by atoms with Crippen molar-refractivity contribution in [2.24, 2.45) is 5.92 Å². The van der Waals surface area contributed by atoms with Crippen LogP contribution in [0.1, 0.15) is 36.5 Å². The van der Waals surface area contributed by atoms with E-state index >= 15 is 0 Å². The molecule has 2 fully saturated rings. The van der Waals surface area contributed by atoms with Crippen LogP contribution in [0.25, 0.3) is 0 Å². The van der Waals surface area contributed by atoms with E-state index in [1.165, 1.54) is 0 Å². The van der Waals surface area contributed by atoms with Gasteiger partial charge < -0.3 is 9.47 Å². The van der Waals surface area contributed by atoms with E-state index in [0.29, 0.717) is 12.5 Å². The van der Waals surface area contributed by atoms with E-state index in [1.54, 1.807) is 13.3 Å². The van der Waals surface area contributed by atoms with E-state index < -0.39 is 6.10 Å². The Labute approximate surface area is 171 Å². The molecule has 3 atom stereocenters. The standard InChI is InChI=1S/C22H28N4O3/c1-15(14-28-3)13-19-23-10-9-17(24-19)20-21(22(27)26-12-6-11-25(20)26)29-18-8-5-4-7-16(18)2/h4-5,7-10,15,20-21H,6,11-14H2,1-3H3/t15-,20?,21?/m1/s1. The summed E-state index contributed by atoms with van der Waals surface area (Å²) in [5, 5.41) is 3.93. The molecule has 0 spiro atoms. The number of para-hydroxylation sites is 1. The number of nitrogens with zero attached hydrogens (tertiary/aromatic N) is 4. The Morgan fingerprint density at radius 1 is 1.24 bits per heavy atom. The van der Waals surface area contributed by atoms with Crippen LogP contribution in [-0.4, -0.2) is 58.8 Å². The molecular weight excluding hydrogens is 368 g/mol. The molecule has 1 amide bonds. The molecular formula is C22H28N4O3. The number of carbonyl (C=O) groups is 1. The number of carbonyl (C=O) groups excluding carboxylic acids is 1. The quantitative estimate of drug-likeness (QED) is 0.717. The minimum absolute atomic E-state index is 0.00339. The van der Waals surface area contributed by atoms with Crippen LogP contribution in [0, 0.1) is 12.8 Å². The first kappa shape index (κ1) is 19.8. The lowest BCUT2D eigenvalue weighted by Crippen LogP contribution is -2.33. The van der Waals surface area contributed by atoms with E-state index in [9.17, 15) is 4.79 Å². The summed E-state index contributed by atoms with van der Waals surface area (Å²) >= 11 is 0. The highest BCUT2D eigenvalue weighted by Crippen LogP contribution is 2.38. The number of aryl methyl sites for hydroxylation is 1. The molecule has 0 N–H and O–H groups in total. The van der Waals surface area contributed by atoms with Crippen molar-refractivity contribution >= 4 is 5.91 Å². The zero-order valence-electron chi connectivity index (χ0n) is 17.2. The van der Waals surface area contributed by atoms with Gasteiger partial charge in [-0.2, -0.15) is 0 Å². The van der Waals surface area contributed by atoms with Gasteiger partial charge >= 0.3 is 0 Å². The third-order valence-electron chi connectivity index (χ3n) is 5.53. The van der Waals surface area contributed by atoms with E-state index in [2.05, 4.69) is 16.9 Å². The molecule has 2 aliphatic heterocycles. The van der Waals surface area contributed by atoms with Gasteiger partial charge in [0.15, 0.2) is 0 Å². The predicted molar refractivity (Wildman–Crippen MR) is 108 cm³/mol. The first-order valence-electron chi connectivity index (χ1n) is 10.2. The van der Waals surface area contributed by atoms with Crippen molar-refractivity contribution in [1.82, 2.24) is 20.0 Å². The average molecular weight is 396 g/mol. The van der Waals surface area contributed by atoms with Gasteiger partial charge in [0.2, 0.25) is 6.10 Å². The van der Waals surface area contributed by atoms with Gasteiger partial charge in [0.1, 0.15) is 17.6 Å². The summed E-state index contributed by atoms with van der Waals surface area (Å²) in [4.78, 5) is 22.4. The van der Waals surface area contributed by atoms with Crippen molar-refractivity contribution in [3.05, 3.63) is 53.6 Å². The number of hydrogen-bond donors (Lipinski definition) is 0. The van der Waals surface area contributed by atoms with Gasteiger partial charge in [0.05, 0.1) is 5.69 Å². The van der Waals surface area contributed by atoms with Gasteiger partial charge in [0.25, 0.3) is 5.91 Å². The van der Waals surface area contributed by atoms with Gasteiger partial charge in [0, 0.05) is 39.4 Å². The van der Waals surface area contributed by atoms with Gasteiger partial charge in [-0.3, -0.25) is 9.80 Å². The normalized spacial score (nSPS) is 22.7. The summed E-state index contributed by atoms with van der Waals surface area (Å²) in [5.41, 5.74) is 1.84. The second-order valence-corrected chi connectivity index (χ2v) is 7.89. The molecule has 7 heteroatoms. The predicted octanol–water partition coefficient (Wildman–Crippen LogP) is 2.56. The number of ether oxygens (including phenoxy) is 2. The minimum Gasteiger partial charge on any atom is -0.478 e. The molecule has 2 saturated heterocycles. The lowest BCUT2D eigenvalue weighted by atomic mass is 10.1. The molecule has 0 aliphatic carbocycles. The van der Waals surface area contributed by atoms with Crippen molar-refractivity contribution in [2.45, 2.75) is 38.8 Å². The van der Waals surface area contributed by atoms with Crippen molar-refractivity contribution in [2.75, 3.05) is 26.8 Å². The molecule has 2 unspecified atom stereocenters. The average Bonchev–Trinajstić information content (AvgIpc) is 3.27. The second kappa shape index (κ2) is 8.47.